The summed E-state index contributed by atoms with van der Waals surface area (Å²) in [6.07, 6.45) is 6.33. The molecule has 0 amide bonds. The molecule has 2 N–H and O–H groups in total. The molecule has 0 unspecified atom stereocenters. The number of benzene rings is 1. The van der Waals surface area contributed by atoms with Gasteiger partial charge in [0, 0.05) is 24.2 Å². The standard InChI is InChI=1S/C14H16N2.ClH/c15-14-8-11-16(12-9-14)10-4-7-13-5-2-1-3-6-13;/h1-3,5-6,8-9,11-12,15H,4,7,10H2;1H/p+1. The van der Waals surface area contributed by atoms with Crippen LogP contribution in [0.25, 0.3) is 0 Å². The summed E-state index contributed by atoms with van der Waals surface area (Å²) in [5.41, 5.74) is 7.85. The SMILES string of the molecule is Cl.Nc1cc[n+](CCCc2ccccc2)cc1. The van der Waals surface area contributed by atoms with Crippen molar-refractivity contribution in [2.75, 3.05) is 5.73 Å². The minimum Gasteiger partial charge on any atom is -0.398 e. The van der Waals surface area contributed by atoms with E-state index in [2.05, 4.69) is 34.9 Å². The zero-order chi connectivity index (χ0) is 11.2. The highest BCUT2D eigenvalue weighted by atomic mass is 35.5. The van der Waals surface area contributed by atoms with Crippen molar-refractivity contribution < 1.29 is 4.57 Å². The highest BCUT2D eigenvalue weighted by Crippen LogP contribution is 2.02. The van der Waals surface area contributed by atoms with Crippen LogP contribution in [0.4, 0.5) is 5.69 Å². The molecule has 1 heterocycles. The molecule has 0 aliphatic heterocycles. The van der Waals surface area contributed by atoms with Gasteiger partial charge >= 0.3 is 0 Å². The van der Waals surface area contributed by atoms with Gasteiger partial charge in [0.15, 0.2) is 12.4 Å². The highest BCUT2D eigenvalue weighted by Gasteiger charge is 1.99. The highest BCUT2D eigenvalue weighted by molar-refractivity contribution is 5.85. The van der Waals surface area contributed by atoms with Gasteiger partial charge in [0.1, 0.15) is 6.54 Å². The third kappa shape index (κ3) is 4.45. The number of halogens is 1. The number of rotatable bonds is 4. The molecule has 2 nitrogen and oxygen atoms in total. The average molecular weight is 250 g/mol. The van der Waals surface area contributed by atoms with Gasteiger partial charge in [0.05, 0.1) is 0 Å². The summed E-state index contributed by atoms with van der Waals surface area (Å²) in [5, 5.41) is 0. The first-order chi connectivity index (χ1) is 7.84. The van der Waals surface area contributed by atoms with Crippen LogP contribution in [0.3, 0.4) is 0 Å². The predicted molar refractivity (Wildman–Crippen MR) is 73.1 cm³/mol. The quantitative estimate of drug-likeness (QED) is 0.830. The Hall–Kier alpha value is -1.54. The van der Waals surface area contributed by atoms with E-state index in [9.17, 15) is 0 Å². The number of hydrogen-bond acceptors (Lipinski definition) is 1. The Balaban J connectivity index is 0.00000144. The summed E-state index contributed by atoms with van der Waals surface area (Å²) in [6, 6.07) is 14.4. The van der Waals surface area contributed by atoms with Gasteiger partial charge in [-0.05, 0) is 12.0 Å². The topological polar surface area (TPSA) is 29.9 Å². The van der Waals surface area contributed by atoms with Crippen molar-refractivity contribution >= 4 is 18.1 Å². The second-order valence-electron chi connectivity index (χ2n) is 3.96. The third-order valence-electron chi connectivity index (χ3n) is 2.64. The fourth-order valence-electron chi connectivity index (χ4n) is 1.73. The molecule has 0 atom stereocenters. The molecule has 0 radical (unpaired) electrons. The average Bonchev–Trinajstić information content (AvgIpc) is 2.33. The zero-order valence-corrected chi connectivity index (χ0v) is 10.6. The van der Waals surface area contributed by atoms with Crippen molar-refractivity contribution in [1.29, 1.82) is 0 Å². The van der Waals surface area contributed by atoms with Crippen LogP contribution in [0.5, 0.6) is 0 Å². The Bertz CT molecular complexity index is 426. The smallest absolute Gasteiger partial charge is 0.170 e. The van der Waals surface area contributed by atoms with Crippen LogP contribution in [-0.4, -0.2) is 0 Å². The molecule has 2 rings (SSSR count). The molecule has 2 aromatic rings. The first kappa shape index (κ1) is 13.5. The summed E-state index contributed by atoms with van der Waals surface area (Å²) in [6.45, 7) is 1.04. The van der Waals surface area contributed by atoms with Crippen molar-refractivity contribution in [2.45, 2.75) is 19.4 Å². The Morgan fingerprint density at radius 1 is 0.941 bits per heavy atom. The van der Waals surface area contributed by atoms with E-state index in [1.807, 2.05) is 24.5 Å². The number of aromatic nitrogens is 1. The molecule has 90 valence electrons. The lowest BCUT2D eigenvalue weighted by Crippen LogP contribution is -2.32. The van der Waals surface area contributed by atoms with Crippen molar-refractivity contribution in [3.8, 4) is 0 Å². The molecule has 1 aromatic carbocycles. The summed E-state index contributed by atoms with van der Waals surface area (Å²) in [7, 11) is 0. The van der Waals surface area contributed by atoms with Gasteiger partial charge in [-0.3, -0.25) is 0 Å². The van der Waals surface area contributed by atoms with Crippen molar-refractivity contribution in [2.24, 2.45) is 0 Å². The van der Waals surface area contributed by atoms with Gasteiger partial charge in [0.2, 0.25) is 0 Å². The number of nitrogens with two attached hydrogens (primary N) is 1. The number of pyridine rings is 1. The van der Waals surface area contributed by atoms with E-state index < -0.39 is 0 Å². The molecule has 0 saturated carbocycles. The van der Waals surface area contributed by atoms with Crippen LogP contribution in [0, 0.1) is 0 Å². The van der Waals surface area contributed by atoms with E-state index in [1.54, 1.807) is 0 Å². The Labute approximate surface area is 109 Å². The second kappa shape index (κ2) is 6.92. The molecule has 0 aliphatic rings. The Kier molecular flexibility index (Phi) is 5.50. The fraction of sp³-hybridized carbons (Fsp3) is 0.214. The van der Waals surface area contributed by atoms with E-state index in [0.29, 0.717) is 0 Å². The molecule has 17 heavy (non-hydrogen) atoms. The van der Waals surface area contributed by atoms with E-state index in [4.69, 9.17) is 5.73 Å². The minimum absolute atomic E-state index is 0. The van der Waals surface area contributed by atoms with Crippen LogP contribution in [0.2, 0.25) is 0 Å². The Morgan fingerprint density at radius 3 is 2.24 bits per heavy atom. The second-order valence-corrected chi connectivity index (χ2v) is 3.96. The molecule has 0 saturated heterocycles. The molecular weight excluding hydrogens is 232 g/mol. The lowest BCUT2D eigenvalue weighted by molar-refractivity contribution is -0.697. The van der Waals surface area contributed by atoms with Crippen LogP contribution in [0.1, 0.15) is 12.0 Å². The maximum Gasteiger partial charge on any atom is 0.170 e. The first-order valence-corrected chi connectivity index (χ1v) is 5.63. The van der Waals surface area contributed by atoms with E-state index in [0.717, 1.165) is 25.1 Å². The predicted octanol–water partition coefficient (Wildman–Crippen LogP) is 2.61. The monoisotopic (exact) mass is 249 g/mol. The van der Waals surface area contributed by atoms with Crippen LogP contribution in [-0.2, 0) is 13.0 Å². The lowest BCUT2D eigenvalue weighted by atomic mass is 10.1. The van der Waals surface area contributed by atoms with Gasteiger partial charge in [0.25, 0.3) is 0 Å². The third-order valence-corrected chi connectivity index (χ3v) is 2.64. The minimum atomic E-state index is 0. The summed E-state index contributed by atoms with van der Waals surface area (Å²) in [5.74, 6) is 0. The van der Waals surface area contributed by atoms with Gasteiger partial charge in [-0.2, -0.15) is 0 Å². The van der Waals surface area contributed by atoms with Gasteiger partial charge in [-0.1, -0.05) is 30.3 Å². The van der Waals surface area contributed by atoms with E-state index in [1.165, 1.54) is 5.56 Å². The molecular formula is C14H18ClN2+. The lowest BCUT2D eigenvalue weighted by Gasteiger charge is -1.99. The maximum atomic E-state index is 5.63. The summed E-state index contributed by atoms with van der Waals surface area (Å²) in [4.78, 5) is 0. The largest absolute Gasteiger partial charge is 0.398 e. The number of hydrogen-bond donors (Lipinski definition) is 1. The van der Waals surface area contributed by atoms with E-state index >= 15 is 0 Å². The number of anilines is 1. The number of nitrogen functional groups attached to an aromatic ring is 1. The first-order valence-electron chi connectivity index (χ1n) is 5.63. The van der Waals surface area contributed by atoms with Crippen molar-refractivity contribution in [3.05, 3.63) is 60.4 Å². The van der Waals surface area contributed by atoms with Crippen molar-refractivity contribution in [3.63, 3.8) is 0 Å². The van der Waals surface area contributed by atoms with Gasteiger partial charge in [-0.25, -0.2) is 4.57 Å². The summed E-state index contributed by atoms with van der Waals surface area (Å²) < 4.78 is 2.17. The van der Waals surface area contributed by atoms with Crippen molar-refractivity contribution in [1.82, 2.24) is 0 Å². The van der Waals surface area contributed by atoms with Gasteiger partial charge in [-0.15, -0.1) is 12.4 Å². The normalized spacial score (nSPS) is 9.65. The molecule has 0 bridgehead atoms. The van der Waals surface area contributed by atoms with Crippen LogP contribution in [0.15, 0.2) is 54.9 Å². The molecule has 0 fully saturated rings. The maximum absolute atomic E-state index is 5.63. The van der Waals surface area contributed by atoms with E-state index in [-0.39, 0.29) is 12.4 Å². The number of nitrogens with zero attached hydrogens (tertiary/aromatic N) is 1. The zero-order valence-electron chi connectivity index (χ0n) is 9.75. The number of aryl methyl sites for hydroxylation is 2. The van der Waals surface area contributed by atoms with Gasteiger partial charge < -0.3 is 5.73 Å². The molecule has 3 heteroatoms. The Morgan fingerprint density at radius 2 is 1.59 bits per heavy atom. The summed E-state index contributed by atoms with van der Waals surface area (Å²) >= 11 is 0. The fourth-order valence-corrected chi connectivity index (χ4v) is 1.73. The molecule has 0 aliphatic carbocycles. The molecule has 1 aromatic heterocycles. The van der Waals surface area contributed by atoms with Crippen LogP contribution >= 0.6 is 12.4 Å². The van der Waals surface area contributed by atoms with Crippen LogP contribution < -0.4 is 10.3 Å². The molecule has 0 spiro atoms.